The molecule has 9 nitrogen and oxygen atoms in total. The van der Waals surface area contributed by atoms with Crippen molar-refractivity contribution in [2.24, 2.45) is 5.73 Å². The highest BCUT2D eigenvalue weighted by Gasteiger charge is 2.31. The Labute approximate surface area is 275 Å². The van der Waals surface area contributed by atoms with Crippen LogP contribution in [0.2, 0.25) is 0 Å². The van der Waals surface area contributed by atoms with E-state index in [9.17, 15) is 24.2 Å². The monoisotopic (exact) mass is 644 g/mol. The second-order valence-corrected chi connectivity index (χ2v) is 11.8. The number of amides is 2. The maximum Gasteiger partial charge on any atom is 0.258 e. The summed E-state index contributed by atoms with van der Waals surface area (Å²) in [6.07, 6.45) is -1.91. The molecule has 0 bridgehead atoms. The molecule has 4 aromatic rings. The van der Waals surface area contributed by atoms with Crippen LogP contribution in [0.25, 0.3) is 22.4 Å². The van der Waals surface area contributed by atoms with Gasteiger partial charge in [0.05, 0.1) is 43.1 Å². The first-order valence-corrected chi connectivity index (χ1v) is 16.0. The van der Waals surface area contributed by atoms with Crippen molar-refractivity contribution in [3.05, 3.63) is 102 Å². The Bertz CT molecular complexity index is 1580. The minimum Gasteiger partial charge on any atom is -0.393 e. The number of halogens is 1. The SMILES string of the molecule is CC(C)c1c(C(=O)Nc2ccccc2)c(-c2ccccc2)c(-c2ccc(F)cc2)n1CCC(O)C[C@@H](O)CC(=O)NCCOCCN. The quantitative estimate of drug-likeness (QED) is 0.0987. The van der Waals surface area contributed by atoms with Crippen LogP contribution in [0, 0.1) is 5.82 Å². The molecule has 10 heteroatoms. The second-order valence-electron chi connectivity index (χ2n) is 11.8. The highest BCUT2D eigenvalue weighted by atomic mass is 19.1. The van der Waals surface area contributed by atoms with E-state index in [1.165, 1.54) is 12.1 Å². The highest BCUT2D eigenvalue weighted by molar-refractivity contribution is 6.12. The van der Waals surface area contributed by atoms with Gasteiger partial charge in [0.25, 0.3) is 5.91 Å². The second kappa shape index (κ2) is 17.5. The van der Waals surface area contributed by atoms with Crippen LogP contribution in [0.3, 0.4) is 0 Å². The molecule has 1 unspecified atom stereocenters. The average Bonchev–Trinajstić information content (AvgIpc) is 3.40. The predicted octanol–water partition coefficient (Wildman–Crippen LogP) is 5.32. The molecule has 250 valence electrons. The van der Waals surface area contributed by atoms with Crippen molar-refractivity contribution < 1.29 is 28.9 Å². The Morgan fingerprint density at radius 3 is 2.19 bits per heavy atom. The average molecular weight is 645 g/mol. The first kappa shape index (κ1) is 35.5. The lowest BCUT2D eigenvalue weighted by atomic mass is 9.94. The van der Waals surface area contributed by atoms with Crippen LogP contribution in [-0.2, 0) is 16.1 Å². The number of carbonyl (C=O) groups excluding carboxylic acids is 2. The maximum absolute atomic E-state index is 14.2. The van der Waals surface area contributed by atoms with Crippen molar-refractivity contribution in [3.8, 4) is 22.4 Å². The number of nitrogens with two attached hydrogens (primary N) is 1. The summed E-state index contributed by atoms with van der Waals surface area (Å²) in [4.78, 5) is 26.4. The molecule has 1 aromatic heterocycles. The molecule has 0 aliphatic carbocycles. The number of hydrogen-bond acceptors (Lipinski definition) is 6. The van der Waals surface area contributed by atoms with Gasteiger partial charge in [0, 0.05) is 36.6 Å². The Balaban J connectivity index is 1.67. The number of aromatic nitrogens is 1. The van der Waals surface area contributed by atoms with Gasteiger partial charge in [-0.25, -0.2) is 4.39 Å². The van der Waals surface area contributed by atoms with E-state index < -0.39 is 12.2 Å². The van der Waals surface area contributed by atoms with Gasteiger partial charge >= 0.3 is 0 Å². The Hall–Kier alpha value is -4.35. The minimum atomic E-state index is -1.05. The van der Waals surface area contributed by atoms with Gasteiger partial charge in [-0.1, -0.05) is 62.4 Å². The number of benzene rings is 3. The molecule has 47 heavy (non-hydrogen) atoms. The molecule has 2 atom stereocenters. The summed E-state index contributed by atoms with van der Waals surface area (Å²) in [5, 5.41) is 27.3. The standard InChI is InChI=1S/C37H45FN4O5/c1-25(2)35-34(37(46)41-29-11-7-4-8-12-29)33(26-9-5-3-6-10-26)36(27-13-15-28(38)16-14-27)42(35)20-17-30(43)23-31(44)24-32(45)40-19-22-47-21-18-39/h3-16,25,30-31,43-44H,17-24,39H2,1-2H3,(H,40,45)(H,41,46)/t30?,31-/m1/s1. The summed E-state index contributed by atoms with van der Waals surface area (Å²) in [6, 6.07) is 25.0. The number of hydrogen-bond donors (Lipinski definition) is 5. The van der Waals surface area contributed by atoms with Crippen LogP contribution in [0.1, 0.15) is 55.1 Å². The lowest BCUT2D eigenvalue weighted by molar-refractivity contribution is -0.123. The molecular formula is C37H45FN4O5. The van der Waals surface area contributed by atoms with Crippen LogP contribution >= 0.6 is 0 Å². The van der Waals surface area contributed by atoms with E-state index in [-0.39, 0.29) is 42.8 Å². The summed E-state index contributed by atoms with van der Waals surface area (Å²) < 4.78 is 21.4. The number of aliphatic hydroxyl groups is 2. The van der Waals surface area contributed by atoms with Crippen LogP contribution in [0.15, 0.2) is 84.9 Å². The van der Waals surface area contributed by atoms with Gasteiger partial charge in [-0.2, -0.15) is 0 Å². The molecule has 0 spiro atoms. The number of nitrogens with zero attached hydrogens (tertiary/aromatic N) is 1. The summed E-state index contributed by atoms with van der Waals surface area (Å²) in [7, 11) is 0. The summed E-state index contributed by atoms with van der Waals surface area (Å²) >= 11 is 0. The Kier molecular flexibility index (Phi) is 13.2. The largest absolute Gasteiger partial charge is 0.393 e. The smallest absolute Gasteiger partial charge is 0.258 e. The van der Waals surface area contributed by atoms with Crippen molar-refractivity contribution in [1.29, 1.82) is 0 Å². The molecule has 3 aromatic carbocycles. The van der Waals surface area contributed by atoms with Gasteiger partial charge in [-0.3, -0.25) is 9.59 Å². The Morgan fingerprint density at radius 1 is 0.894 bits per heavy atom. The number of anilines is 1. The number of nitrogens with one attached hydrogen (secondary N) is 2. The molecule has 0 saturated carbocycles. The van der Waals surface area contributed by atoms with Gasteiger partial charge in [0.1, 0.15) is 5.82 Å². The normalized spacial score (nSPS) is 12.6. The zero-order valence-electron chi connectivity index (χ0n) is 27.0. The third-order valence-corrected chi connectivity index (χ3v) is 7.77. The van der Waals surface area contributed by atoms with Crippen molar-refractivity contribution >= 4 is 17.5 Å². The highest BCUT2D eigenvalue weighted by Crippen LogP contribution is 2.42. The molecule has 0 radical (unpaired) electrons. The van der Waals surface area contributed by atoms with Gasteiger partial charge in [0.15, 0.2) is 0 Å². The van der Waals surface area contributed by atoms with Gasteiger partial charge in [-0.15, -0.1) is 0 Å². The molecule has 1 heterocycles. The van der Waals surface area contributed by atoms with Gasteiger partial charge in [0.2, 0.25) is 5.91 Å². The molecule has 2 amide bonds. The summed E-state index contributed by atoms with van der Waals surface area (Å²) in [5.41, 5.74) is 10.3. The number of ether oxygens (including phenoxy) is 1. The first-order chi connectivity index (χ1) is 22.7. The van der Waals surface area contributed by atoms with Crippen LogP contribution < -0.4 is 16.4 Å². The fourth-order valence-electron chi connectivity index (χ4n) is 5.74. The number of rotatable bonds is 17. The van der Waals surface area contributed by atoms with E-state index in [0.717, 1.165) is 17.0 Å². The molecule has 0 saturated heterocycles. The van der Waals surface area contributed by atoms with E-state index >= 15 is 0 Å². The lowest BCUT2D eigenvalue weighted by Crippen LogP contribution is -2.32. The fourth-order valence-corrected chi connectivity index (χ4v) is 5.74. The van der Waals surface area contributed by atoms with Crippen molar-refractivity contribution in [2.75, 3.05) is 31.6 Å². The van der Waals surface area contributed by atoms with Crippen LogP contribution in [0.5, 0.6) is 0 Å². The topological polar surface area (TPSA) is 139 Å². The van der Waals surface area contributed by atoms with Crippen molar-refractivity contribution in [1.82, 2.24) is 9.88 Å². The number of para-hydroxylation sites is 1. The Morgan fingerprint density at radius 2 is 1.55 bits per heavy atom. The van der Waals surface area contributed by atoms with Crippen LogP contribution in [-0.4, -0.2) is 65.1 Å². The number of carbonyl (C=O) groups is 2. The minimum absolute atomic E-state index is 0.00581. The molecular weight excluding hydrogens is 599 g/mol. The van der Waals surface area contributed by atoms with E-state index in [2.05, 4.69) is 10.6 Å². The number of aliphatic hydroxyl groups excluding tert-OH is 2. The van der Waals surface area contributed by atoms with Gasteiger partial charge in [-0.05, 0) is 66.3 Å². The van der Waals surface area contributed by atoms with Crippen LogP contribution in [0.4, 0.5) is 10.1 Å². The molecule has 0 aliphatic heterocycles. The lowest BCUT2D eigenvalue weighted by Gasteiger charge is -2.20. The molecule has 0 fully saturated rings. The van der Waals surface area contributed by atoms with Crippen molar-refractivity contribution in [2.45, 2.75) is 57.8 Å². The van der Waals surface area contributed by atoms with E-state index in [4.69, 9.17) is 10.5 Å². The maximum atomic E-state index is 14.2. The zero-order valence-corrected chi connectivity index (χ0v) is 27.0. The van der Waals surface area contributed by atoms with E-state index in [1.807, 2.05) is 79.1 Å². The molecule has 0 aliphatic rings. The van der Waals surface area contributed by atoms with Crippen molar-refractivity contribution in [3.63, 3.8) is 0 Å². The first-order valence-electron chi connectivity index (χ1n) is 16.0. The summed E-state index contributed by atoms with van der Waals surface area (Å²) in [6.45, 7) is 5.74. The van der Waals surface area contributed by atoms with E-state index in [1.54, 1.807) is 12.1 Å². The predicted molar refractivity (Wildman–Crippen MR) is 182 cm³/mol. The third-order valence-electron chi connectivity index (χ3n) is 7.77. The molecule has 4 rings (SSSR count). The molecule has 6 N–H and O–H groups in total. The third kappa shape index (κ3) is 9.82. The van der Waals surface area contributed by atoms with E-state index in [0.29, 0.717) is 55.2 Å². The zero-order chi connectivity index (χ0) is 33.8. The van der Waals surface area contributed by atoms with Gasteiger partial charge < -0.3 is 35.9 Å². The fraction of sp³-hybridized carbons (Fsp3) is 0.351. The summed E-state index contributed by atoms with van der Waals surface area (Å²) in [5.74, 6) is -1.11.